The fraction of sp³-hybridized carbons (Fsp3) is 0.714. The number of hydrogen-bond acceptors (Lipinski definition) is 4. The lowest BCUT2D eigenvalue weighted by Crippen LogP contribution is -2.40. The molecule has 0 bridgehead atoms. The highest BCUT2D eigenvalue weighted by Crippen LogP contribution is 2.33. The summed E-state index contributed by atoms with van der Waals surface area (Å²) in [6.45, 7) is 6.45. The van der Waals surface area contributed by atoms with Gasteiger partial charge in [0.2, 0.25) is 0 Å². The van der Waals surface area contributed by atoms with Crippen LogP contribution in [0.5, 0.6) is 0 Å². The third-order valence-corrected chi connectivity index (χ3v) is 4.41. The Morgan fingerprint density at radius 3 is 2.95 bits per heavy atom. The molecule has 0 aliphatic carbocycles. The summed E-state index contributed by atoms with van der Waals surface area (Å²) >= 11 is 3.67. The first kappa shape index (κ1) is 14.6. The van der Waals surface area contributed by atoms with Crippen molar-refractivity contribution in [2.24, 2.45) is 0 Å². The van der Waals surface area contributed by atoms with Gasteiger partial charge in [-0.25, -0.2) is 9.97 Å². The van der Waals surface area contributed by atoms with E-state index in [1.54, 1.807) is 6.33 Å². The molecule has 106 valence electrons. The van der Waals surface area contributed by atoms with Crippen molar-refractivity contribution in [1.82, 2.24) is 9.97 Å². The number of hydrogen-bond donors (Lipinski definition) is 1. The van der Waals surface area contributed by atoms with E-state index in [-0.39, 0.29) is 0 Å². The zero-order chi connectivity index (χ0) is 13.7. The molecule has 1 aromatic heterocycles. The van der Waals surface area contributed by atoms with E-state index < -0.39 is 0 Å². The number of anilines is 2. The van der Waals surface area contributed by atoms with Gasteiger partial charge in [-0.05, 0) is 48.0 Å². The number of halogens is 1. The Morgan fingerprint density at radius 2 is 2.21 bits per heavy atom. The van der Waals surface area contributed by atoms with Crippen molar-refractivity contribution in [3.8, 4) is 0 Å². The summed E-state index contributed by atoms with van der Waals surface area (Å²) in [5, 5.41) is 3.35. The van der Waals surface area contributed by atoms with Crippen LogP contribution in [0.15, 0.2) is 10.8 Å². The van der Waals surface area contributed by atoms with Crippen LogP contribution in [0, 0.1) is 0 Å². The fourth-order valence-electron chi connectivity index (χ4n) is 2.63. The molecule has 1 N–H and O–H groups in total. The zero-order valence-corrected chi connectivity index (χ0v) is 13.4. The van der Waals surface area contributed by atoms with Gasteiger partial charge >= 0.3 is 0 Å². The summed E-state index contributed by atoms with van der Waals surface area (Å²) in [4.78, 5) is 11.3. The van der Waals surface area contributed by atoms with E-state index in [2.05, 4.69) is 50.0 Å². The van der Waals surface area contributed by atoms with Crippen LogP contribution in [0.1, 0.15) is 46.0 Å². The number of rotatable bonds is 5. The van der Waals surface area contributed by atoms with E-state index in [0.29, 0.717) is 6.04 Å². The van der Waals surface area contributed by atoms with Gasteiger partial charge in [-0.1, -0.05) is 13.8 Å². The summed E-state index contributed by atoms with van der Waals surface area (Å²) in [7, 11) is 0. The Hall–Kier alpha value is -0.840. The molecule has 1 saturated heterocycles. The summed E-state index contributed by atoms with van der Waals surface area (Å²) in [5.41, 5.74) is 0. The number of nitrogens with one attached hydrogen (secondary N) is 1. The van der Waals surface area contributed by atoms with E-state index in [9.17, 15) is 0 Å². The molecular formula is C14H23BrN4. The second-order valence-corrected chi connectivity index (χ2v) is 5.83. The van der Waals surface area contributed by atoms with Crippen molar-refractivity contribution in [3.05, 3.63) is 10.8 Å². The molecule has 5 heteroatoms. The molecule has 2 heterocycles. The average Bonchev–Trinajstić information content (AvgIpc) is 2.46. The van der Waals surface area contributed by atoms with Crippen LogP contribution in [0.25, 0.3) is 0 Å². The van der Waals surface area contributed by atoms with Gasteiger partial charge in [-0.15, -0.1) is 0 Å². The van der Waals surface area contributed by atoms with Crippen molar-refractivity contribution >= 4 is 27.6 Å². The predicted octanol–water partition coefficient (Wildman–Crippen LogP) is 3.83. The average molecular weight is 327 g/mol. The molecule has 19 heavy (non-hydrogen) atoms. The molecular weight excluding hydrogens is 304 g/mol. The predicted molar refractivity (Wildman–Crippen MR) is 83.8 cm³/mol. The summed E-state index contributed by atoms with van der Waals surface area (Å²) in [5.74, 6) is 1.95. The van der Waals surface area contributed by atoms with Crippen molar-refractivity contribution < 1.29 is 0 Å². The number of piperidine rings is 1. The molecule has 2 rings (SSSR count). The highest BCUT2D eigenvalue weighted by Gasteiger charge is 2.24. The van der Waals surface area contributed by atoms with E-state index in [1.807, 2.05) is 0 Å². The molecule has 0 amide bonds. The molecule has 0 spiro atoms. The molecule has 1 aliphatic rings. The highest BCUT2D eigenvalue weighted by atomic mass is 79.9. The minimum atomic E-state index is 0.610. The standard InChI is InChI=1S/C14H23BrN4/c1-3-8-16-13-12(15)14(18-10-17-13)19-9-6-5-7-11(19)4-2/h10-11H,3-9H2,1-2H3,(H,16,17,18). The Kier molecular flexibility index (Phi) is 5.43. The summed E-state index contributed by atoms with van der Waals surface area (Å²) in [6, 6.07) is 0.610. The van der Waals surface area contributed by atoms with Crippen LogP contribution in [0.2, 0.25) is 0 Å². The van der Waals surface area contributed by atoms with Crippen LogP contribution in [-0.2, 0) is 0 Å². The SMILES string of the molecule is CCCNc1ncnc(N2CCCCC2CC)c1Br. The lowest BCUT2D eigenvalue weighted by Gasteiger charge is -2.36. The van der Waals surface area contributed by atoms with E-state index in [1.165, 1.54) is 25.7 Å². The third-order valence-electron chi connectivity index (χ3n) is 3.68. The number of nitrogens with zero attached hydrogens (tertiary/aromatic N) is 3. The van der Waals surface area contributed by atoms with Gasteiger partial charge in [0.05, 0.1) is 0 Å². The quantitative estimate of drug-likeness (QED) is 0.892. The normalized spacial score (nSPS) is 19.5. The topological polar surface area (TPSA) is 41.1 Å². The van der Waals surface area contributed by atoms with Crippen LogP contribution >= 0.6 is 15.9 Å². The van der Waals surface area contributed by atoms with E-state index in [0.717, 1.165) is 35.6 Å². The highest BCUT2D eigenvalue weighted by molar-refractivity contribution is 9.10. The van der Waals surface area contributed by atoms with Gasteiger partial charge in [0.1, 0.15) is 22.4 Å². The minimum absolute atomic E-state index is 0.610. The molecule has 4 nitrogen and oxygen atoms in total. The molecule has 1 fully saturated rings. The van der Waals surface area contributed by atoms with E-state index >= 15 is 0 Å². The Balaban J connectivity index is 2.22. The van der Waals surface area contributed by atoms with E-state index in [4.69, 9.17) is 0 Å². The van der Waals surface area contributed by atoms with Crippen LogP contribution < -0.4 is 10.2 Å². The molecule has 0 saturated carbocycles. The van der Waals surface area contributed by atoms with Gasteiger partial charge in [-0.3, -0.25) is 0 Å². The molecule has 0 aromatic carbocycles. The molecule has 1 aromatic rings. The largest absolute Gasteiger partial charge is 0.369 e. The second-order valence-electron chi connectivity index (χ2n) is 5.04. The van der Waals surface area contributed by atoms with Gasteiger partial charge in [0.25, 0.3) is 0 Å². The Morgan fingerprint density at radius 1 is 1.37 bits per heavy atom. The first-order valence-electron chi connectivity index (χ1n) is 7.28. The lowest BCUT2D eigenvalue weighted by molar-refractivity contribution is 0.446. The number of aromatic nitrogens is 2. The molecule has 1 aliphatic heterocycles. The van der Waals surface area contributed by atoms with Gasteiger partial charge < -0.3 is 10.2 Å². The first-order valence-corrected chi connectivity index (χ1v) is 8.08. The van der Waals surface area contributed by atoms with Crippen LogP contribution in [-0.4, -0.2) is 29.1 Å². The van der Waals surface area contributed by atoms with Crippen molar-refractivity contribution in [2.75, 3.05) is 23.3 Å². The first-order chi connectivity index (χ1) is 9.27. The van der Waals surface area contributed by atoms with Crippen molar-refractivity contribution in [1.29, 1.82) is 0 Å². The summed E-state index contributed by atoms with van der Waals surface area (Å²) in [6.07, 6.45) is 7.79. The molecule has 0 radical (unpaired) electrons. The maximum atomic E-state index is 4.50. The van der Waals surface area contributed by atoms with Crippen LogP contribution in [0.3, 0.4) is 0 Å². The lowest BCUT2D eigenvalue weighted by atomic mass is 10.0. The third kappa shape index (κ3) is 3.38. The minimum Gasteiger partial charge on any atom is -0.369 e. The molecule has 1 unspecified atom stereocenters. The maximum Gasteiger partial charge on any atom is 0.148 e. The second kappa shape index (κ2) is 7.08. The van der Waals surface area contributed by atoms with Gasteiger partial charge in [0.15, 0.2) is 0 Å². The van der Waals surface area contributed by atoms with Gasteiger partial charge in [0, 0.05) is 19.1 Å². The van der Waals surface area contributed by atoms with Gasteiger partial charge in [-0.2, -0.15) is 0 Å². The van der Waals surface area contributed by atoms with Crippen molar-refractivity contribution in [2.45, 2.75) is 52.0 Å². The maximum absolute atomic E-state index is 4.50. The molecule has 1 atom stereocenters. The smallest absolute Gasteiger partial charge is 0.148 e. The summed E-state index contributed by atoms with van der Waals surface area (Å²) < 4.78 is 1.00. The van der Waals surface area contributed by atoms with Crippen molar-refractivity contribution in [3.63, 3.8) is 0 Å². The Labute approximate surface area is 124 Å². The fourth-order valence-corrected chi connectivity index (χ4v) is 3.20. The Bertz CT molecular complexity index is 410. The monoisotopic (exact) mass is 326 g/mol. The van der Waals surface area contributed by atoms with Crippen LogP contribution in [0.4, 0.5) is 11.6 Å². The zero-order valence-electron chi connectivity index (χ0n) is 11.8.